The summed E-state index contributed by atoms with van der Waals surface area (Å²) in [6.07, 6.45) is 3.61. The van der Waals surface area contributed by atoms with Gasteiger partial charge >= 0.3 is 0 Å². The smallest absolute Gasteiger partial charge is 0.142 e. The molecule has 0 amide bonds. The second-order valence-corrected chi connectivity index (χ2v) is 4.91. The van der Waals surface area contributed by atoms with Crippen LogP contribution in [0.2, 0.25) is 0 Å². The Morgan fingerprint density at radius 2 is 2.28 bits per heavy atom. The number of imidazole rings is 1. The molecule has 5 heteroatoms. The number of benzene rings is 1. The van der Waals surface area contributed by atoms with Gasteiger partial charge in [0.1, 0.15) is 17.7 Å². The van der Waals surface area contributed by atoms with E-state index in [0.717, 1.165) is 13.0 Å². The molecule has 0 aliphatic carbocycles. The van der Waals surface area contributed by atoms with Crippen molar-refractivity contribution in [2.45, 2.75) is 26.0 Å². The minimum atomic E-state index is -0.844. The Morgan fingerprint density at radius 1 is 1.50 bits per heavy atom. The van der Waals surface area contributed by atoms with Crippen LogP contribution in [-0.4, -0.2) is 14.7 Å². The first kappa shape index (κ1) is 13.2. The van der Waals surface area contributed by atoms with Gasteiger partial charge in [-0.2, -0.15) is 0 Å². The molecule has 1 atom stereocenters. The van der Waals surface area contributed by atoms with E-state index in [1.165, 1.54) is 6.07 Å². The zero-order valence-electron chi connectivity index (χ0n) is 9.98. The fourth-order valence-electron chi connectivity index (χ4n) is 1.83. The molecule has 3 nitrogen and oxygen atoms in total. The van der Waals surface area contributed by atoms with Crippen LogP contribution in [0.15, 0.2) is 35.1 Å². The van der Waals surface area contributed by atoms with Gasteiger partial charge in [-0.15, -0.1) is 0 Å². The van der Waals surface area contributed by atoms with Gasteiger partial charge in [0.05, 0.1) is 4.47 Å². The van der Waals surface area contributed by atoms with Crippen LogP contribution in [0.3, 0.4) is 0 Å². The van der Waals surface area contributed by atoms with Gasteiger partial charge in [0, 0.05) is 18.9 Å². The highest BCUT2D eigenvalue weighted by Gasteiger charge is 2.16. The minimum Gasteiger partial charge on any atom is -0.380 e. The van der Waals surface area contributed by atoms with Crippen LogP contribution in [-0.2, 0) is 6.54 Å². The quantitative estimate of drug-likeness (QED) is 0.941. The SMILES string of the molecule is CCCn1ccnc1C(O)c1ccc(F)c(Br)c1. The van der Waals surface area contributed by atoms with E-state index in [9.17, 15) is 9.50 Å². The molecule has 1 unspecified atom stereocenters. The lowest BCUT2D eigenvalue weighted by Crippen LogP contribution is -2.09. The fraction of sp³-hybridized carbons (Fsp3) is 0.308. The Kier molecular flexibility index (Phi) is 4.14. The first-order chi connectivity index (χ1) is 8.63. The standard InChI is InChI=1S/C13H14BrFN2O/c1-2-6-17-7-5-16-13(17)12(18)9-3-4-11(15)10(14)8-9/h3-5,7-8,12,18H,2,6H2,1H3. The number of halogens is 2. The molecule has 1 aromatic heterocycles. The zero-order valence-corrected chi connectivity index (χ0v) is 11.6. The van der Waals surface area contributed by atoms with E-state index in [4.69, 9.17) is 0 Å². The summed E-state index contributed by atoms with van der Waals surface area (Å²) in [5.74, 6) is 0.234. The molecule has 1 aromatic carbocycles. The summed E-state index contributed by atoms with van der Waals surface area (Å²) in [7, 11) is 0. The fourth-order valence-corrected chi connectivity index (χ4v) is 2.23. The van der Waals surface area contributed by atoms with Gasteiger partial charge in [-0.3, -0.25) is 0 Å². The van der Waals surface area contributed by atoms with Gasteiger partial charge in [-0.05, 0) is 40.0 Å². The second kappa shape index (κ2) is 5.63. The molecule has 0 bridgehead atoms. The van der Waals surface area contributed by atoms with E-state index in [-0.39, 0.29) is 5.82 Å². The van der Waals surface area contributed by atoms with E-state index < -0.39 is 6.10 Å². The monoisotopic (exact) mass is 312 g/mol. The highest BCUT2D eigenvalue weighted by molar-refractivity contribution is 9.10. The Bertz CT molecular complexity index is 542. The van der Waals surface area contributed by atoms with Crippen molar-refractivity contribution in [1.29, 1.82) is 0 Å². The summed E-state index contributed by atoms with van der Waals surface area (Å²) in [5.41, 5.74) is 0.617. The van der Waals surface area contributed by atoms with E-state index in [1.807, 2.05) is 10.8 Å². The molecule has 0 saturated carbocycles. The number of aromatic nitrogens is 2. The highest BCUT2D eigenvalue weighted by Crippen LogP contribution is 2.25. The predicted molar refractivity (Wildman–Crippen MR) is 70.7 cm³/mol. The van der Waals surface area contributed by atoms with Crippen molar-refractivity contribution in [3.05, 3.63) is 52.3 Å². The van der Waals surface area contributed by atoms with Crippen LogP contribution < -0.4 is 0 Å². The summed E-state index contributed by atoms with van der Waals surface area (Å²) in [5, 5.41) is 10.3. The van der Waals surface area contributed by atoms with E-state index in [1.54, 1.807) is 18.3 Å². The average Bonchev–Trinajstić information content (AvgIpc) is 2.80. The lowest BCUT2D eigenvalue weighted by Gasteiger charge is -2.13. The van der Waals surface area contributed by atoms with Crippen molar-refractivity contribution in [3.8, 4) is 0 Å². The van der Waals surface area contributed by atoms with Crippen molar-refractivity contribution in [2.24, 2.45) is 0 Å². The Balaban J connectivity index is 2.32. The molecule has 0 fully saturated rings. The molecule has 0 aliphatic heterocycles. The molecule has 0 saturated heterocycles. The molecule has 1 heterocycles. The van der Waals surface area contributed by atoms with Crippen molar-refractivity contribution in [2.75, 3.05) is 0 Å². The van der Waals surface area contributed by atoms with Crippen LogP contribution in [0.5, 0.6) is 0 Å². The lowest BCUT2D eigenvalue weighted by atomic mass is 10.1. The lowest BCUT2D eigenvalue weighted by molar-refractivity contribution is 0.204. The molecular weight excluding hydrogens is 299 g/mol. The summed E-state index contributed by atoms with van der Waals surface area (Å²) >= 11 is 3.11. The van der Waals surface area contributed by atoms with Gasteiger partial charge in [0.25, 0.3) is 0 Å². The van der Waals surface area contributed by atoms with Gasteiger partial charge in [-0.25, -0.2) is 9.37 Å². The number of aliphatic hydroxyl groups is 1. The summed E-state index contributed by atoms with van der Waals surface area (Å²) in [4.78, 5) is 4.17. The number of nitrogens with zero attached hydrogens (tertiary/aromatic N) is 2. The van der Waals surface area contributed by atoms with E-state index >= 15 is 0 Å². The molecular formula is C13H14BrFN2O. The Morgan fingerprint density at radius 3 is 2.94 bits per heavy atom. The molecule has 96 valence electrons. The molecule has 0 spiro atoms. The number of hydrogen-bond donors (Lipinski definition) is 1. The largest absolute Gasteiger partial charge is 0.380 e. The maximum atomic E-state index is 13.2. The van der Waals surface area contributed by atoms with Crippen molar-refractivity contribution >= 4 is 15.9 Å². The summed E-state index contributed by atoms with van der Waals surface area (Å²) < 4.78 is 15.4. The van der Waals surface area contributed by atoms with Crippen LogP contribution in [0.25, 0.3) is 0 Å². The third kappa shape index (κ3) is 2.62. The van der Waals surface area contributed by atoms with Crippen molar-refractivity contribution in [3.63, 3.8) is 0 Å². The first-order valence-corrected chi connectivity index (χ1v) is 6.56. The topological polar surface area (TPSA) is 38.0 Å². The number of aliphatic hydroxyl groups excluding tert-OH is 1. The first-order valence-electron chi connectivity index (χ1n) is 5.77. The molecule has 18 heavy (non-hydrogen) atoms. The Labute approximate surface area is 113 Å². The molecule has 2 rings (SSSR count). The maximum absolute atomic E-state index is 13.2. The van der Waals surface area contributed by atoms with Crippen LogP contribution >= 0.6 is 15.9 Å². The molecule has 2 aromatic rings. The van der Waals surface area contributed by atoms with E-state index in [2.05, 4.69) is 27.8 Å². The normalized spacial score (nSPS) is 12.7. The van der Waals surface area contributed by atoms with Crippen LogP contribution in [0.4, 0.5) is 4.39 Å². The molecule has 0 aliphatic rings. The van der Waals surface area contributed by atoms with Crippen LogP contribution in [0, 0.1) is 5.82 Å². The predicted octanol–water partition coefficient (Wildman–Crippen LogP) is 3.28. The van der Waals surface area contributed by atoms with E-state index in [0.29, 0.717) is 15.9 Å². The van der Waals surface area contributed by atoms with Gasteiger partial charge in [-0.1, -0.05) is 13.0 Å². The average molecular weight is 313 g/mol. The third-order valence-corrected chi connectivity index (χ3v) is 3.32. The second-order valence-electron chi connectivity index (χ2n) is 4.05. The zero-order chi connectivity index (χ0) is 13.1. The summed E-state index contributed by atoms with van der Waals surface area (Å²) in [6, 6.07) is 4.47. The third-order valence-electron chi connectivity index (χ3n) is 2.72. The number of hydrogen-bond acceptors (Lipinski definition) is 2. The Hall–Kier alpha value is -1.20. The van der Waals surface area contributed by atoms with Gasteiger partial charge in [0.15, 0.2) is 0 Å². The maximum Gasteiger partial charge on any atom is 0.142 e. The van der Waals surface area contributed by atoms with Gasteiger partial charge < -0.3 is 9.67 Å². The van der Waals surface area contributed by atoms with Crippen molar-refractivity contribution < 1.29 is 9.50 Å². The van der Waals surface area contributed by atoms with Gasteiger partial charge in [0.2, 0.25) is 0 Å². The molecule has 1 N–H and O–H groups in total. The molecule has 0 radical (unpaired) electrons. The summed E-state index contributed by atoms with van der Waals surface area (Å²) in [6.45, 7) is 2.86. The van der Waals surface area contributed by atoms with Crippen molar-refractivity contribution in [1.82, 2.24) is 9.55 Å². The minimum absolute atomic E-state index is 0.340. The number of aryl methyl sites for hydroxylation is 1. The highest BCUT2D eigenvalue weighted by atomic mass is 79.9. The number of rotatable bonds is 4. The van der Waals surface area contributed by atoms with Crippen LogP contribution in [0.1, 0.15) is 30.8 Å².